The predicted octanol–water partition coefficient (Wildman–Crippen LogP) is 8.72. The van der Waals surface area contributed by atoms with Crippen LogP contribution in [0.2, 0.25) is 0 Å². The van der Waals surface area contributed by atoms with Gasteiger partial charge in [-0.15, -0.1) is 0 Å². The molecule has 6 aliphatic heterocycles. The molecule has 364 valence electrons. The summed E-state index contributed by atoms with van der Waals surface area (Å²) in [5, 5.41) is 8.35. The minimum absolute atomic E-state index is 0.0534. The normalized spacial score (nSPS) is 21.9. The fraction of sp³-hybridized carbons (Fsp3) is 0.520. The molecule has 0 spiro atoms. The number of ether oxygens (including phenoxy) is 4. The van der Waals surface area contributed by atoms with Gasteiger partial charge < -0.3 is 38.5 Å². The van der Waals surface area contributed by atoms with Gasteiger partial charge in [0.2, 0.25) is 0 Å². The first-order valence-electron chi connectivity index (χ1n) is 23.1. The Balaban J connectivity index is 0.000000187. The first-order chi connectivity index (χ1) is 31.8. The number of rotatable bonds is 5. The van der Waals surface area contributed by atoms with E-state index in [-0.39, 0.29) is 65.1 Å². The average molecular weight is 1000 g/mol. The van der Waals surface area contributed by atoms with E-state index in [1.165, 1.54) is 6.07 Å². The SMILES string of the molecule is C[C@@H]1C(=O)NN=C2COc3cc(-c4ccccc4F)c([C@@H](C)C4(C)CN(C(=O)OC(C)(C)C)C4)cc3N21.C[C@@H]1C(=O)NN=C2COc3cc(Br)c([C@@H](C)C4(C)CN(C(=O)OC(C)(C)C)C4)cc3N21. The van der Waals surface area contributed by atoms with Gasteiger partial charge in [0, 0.05) is 47.0 Å². The van der Waals surface area contributed by atoms with Crippen LogP contribution in [0.4, 0.5) is 25.4 Å². The lowest BCUT2D eigenvalue weighted by atomic mass is 9.67. The molecule has 3 aromatic rings. The molecule has 6 aliphatic rings. The topological polar surface area (TPSA) is 167 Å². The van der Waals surface area contributed by atoms with Gasteiger partial charge in [-0.1, -0.05) is 61.8 Å². The number of carbonyl (C=O) groups is 4. The lowest BCUT2D eigenvalue weighted by molar-refractivity contribution is -0.123. The fourth-order valence-corrected chi connectivity index (χ4v) is 10.3. The number of nitrogens with one attached hydrogen (secondary N) is 2. The largest absolute Gasteiger partial charge is 0.483 e. The quantitative estimate of drug-likeness (QED) is 0.252. The molecule has 2 saturated heterocycles. The summed E-state index contributed by atoms with van der Waals surface area (Å²) in [5.74, 6) is 2.02. The number of likely N-dealkylation sites (tertiary alicyclic amines) is 2. The zero-order chi connectivity index (χ0) is 49.4. The Hall–Kier alpha value is -5.91. The number of hydrogen-bond donors (Lipinski definition) is 2. The molecule has 9 rings (SSSR count). The molecule has 4 amide bonds. The highest BCUT2D eigenvalue weighted by Gasteiger charge is 2.50. The average Bonchev–Trinajstić information content (AvgIpc) is 3.24. The Morgan fingerprint density at radius 2 is 1.15 bits per heavy atom. The second-order valence-corrected chi connectivity index (χ2v) is 22.2. The van der Waals surface area contributed by atoms with E-state index in [1.54, 1.807) is 21.9 Å². The highest BCUT2D eigenvalue weighted by Crippen LogP contribution is 2.51. The second-order valence-electron chi connectivity index (χ2n) is 21.3. The van der Waals surface area contributed by atoms with E-state index < -0.39 is 17.2 Å². The van der Waals surface area contributed by atoms with Gasteiger partial charge in [0.25, 0.3) is 11.8 Å². The van der Waals surface area contributed by atoms with Crippen LogP contribution in [0, 0.1) is 16.6 Å². The zero-order valence-corrected chi connectivity index (χ0v) is 42.5. The summed E-state index contributed by atoms with van der Waals surface area (Å²) in [4.78, 5) is 56.9. The van der Waals surface area contributed by atoms with Crippen molar-refractivity contribution < 1.29 is 42.5 Å². The first-order valence-corrected chi connectivity index (χ1v) is 23.9. The number of fused-ring (bicyclic) bond motifs is 6. The lowest BCUT2D eigenvalue weighted by Crippen LogP contribution is -2.59. The van der Waals surface area contributed by atoms with E-state index >= 15 is 4.39 Å². The number of halogens is 2. The van der Waals surface area contributed by atoms with Gasteiger partial charge in [0.05, 0.1) is 11.4 Å². The van der Waals surface area contributed by atoms with Crippen LogP contribution < -0.4 is 30.1 Å². The third-order valence-electron chi connectivity index (χ3n) is 13.8. The standard InChI is InChI=1S/C28H33FN4O4.C22H29BrN4O4/c1-16(28(6)14-32(15-28)26(35)37-27(3,4)5)19-11-22-23(12-20(19)18-9-7-8-10-21(18)29)36-13-24-30-31-25(34)17(2)33(22)24;1-12(22(6)10-26(11-22)20(29)31-21(3,4)5)14-7-16-17(8-15(14)23)30-9-18-24-25-19(28)13(2)27(16)18/h7-12,16-17H,13-15H2,1-6H3,(H,31,34);7-8,12-13H,9-11H2,1-6H3,(H,25,28)/t16-,17-;12-,13-/m11/s1. The smallest absolute Gasteiger partial charge is 0.410 e. The molecule has 2 N–H and O–H groups in total. The number of anilines is 2. The number of benzene rings is 3. The van der Waals surface area contributed by atoms with E-state index in [1.807, 2.05) is 89.5 Å². The Bertz CT molecular complexity index is 2610. The maximum Gasteiger partial charge on any atom is 0.410 e. The van der Waals surface area contributed by atoms with Crippen molar-refractivity contribution in [2.75, 3.05) is 49.2 Å². The van der Waals surface area contributed by atoms with Crippen molar-refractivity contribution in [1.82, 2.24) is 20.7 Å². The molecular formula is C50H62BrFN8O8. The van der Waals surface area contributed by atoms with Crippen molar-refractivity contribution in [3.05, 3.63) is 69.9 Å². The number of carbonyl (C=O) groups excluding carboxylic acids is 4. The van der Waals surface area contributed by atoms with Crippen LogP contribution in [0.5, 0.6) is 11.5 Å². The lowest BCUT2D eigenvalue weighted by Gasteiger charge is -2.51. The molecule has 16 nitrogen and oxygen atoms in total. The predicted molar refractivity (Wildman–Crippen MR) is 261 cm³/mol. The molecule has 0 aromatic heterocycles. The summed E-state index contributed by atoms with van der Waals surface area (Å²) in [5.41, 5.74) is 8.46. The number of nitrogens with zero attached hydrogens (tertiary/aromatic N) is 6. The van der Waals surface area contributed by atoms with Crippen LogP contribution in [-0.4, -0.2) is 108 Å². The van der Waals surface area contributed by atoms with Gasteiger partial charge >= 0.3 is 12.2 Å². The van der Waals surface area contributed by atoms with Gasteiger partial charge in [-0.05, 0) is 114 Å². The Morgan fingerprint density at radius 1 is 0.721 bits per heavy atom. The molecule has 3 aromatic carbocycles. The maximum absolute atomic E-state index is 15.1. The van der Waals surface area contributed by atoms with Crippen molar-refractivity contribution in [2.24, 2.45) is 21.0 Å². The molecule has 68 heavy (non-hydrogen) atoms. The molecular weight excluding hydrogens is 939 g/mol. The third kappa shape index (κ3) is 9.19. The highest BCUT2D eigenvalue weighted by atomic mass is 79.9. The van der Waals surface area contributed by atoms with Gasteiger partial charge in [0.1, 0.15) is 53.8 Å². The van der Waals surface area contributed by atoms with E-state index in [0.717, 1.165) is 38.3 Å². The molecule has 0 unspecified atom stereocenters. The summed E-state index contributed by atoms with van der Waals surface area (Å²) in [6.07, 6.45) is -0.608. The van der Waals surface area contributed by atoms with E-state index in [9.17, 15) is 19.2 Å². The number of hydrazone groups is 2. The summed E-state index contributed by atoms with van der Waals surface area (Å²) in [7, 11) is 0. The van der Waals surface area contributed by atoms with E-state index in [0.29, 0.717) is 55.8 Å². The Labute approximate surface area is 405 Å². The third-order valence-corrected chi connectivity index (χ3v) is 14.5. The number of hydrogen-bond acceptors (Lipinski definition) is 12. The first kappa shape index (κ1) is 48.5. The number of amidine groups is 2. The molecule has 2 fully saturated rings. The van der Waals surface area contributed by atoms with Crippen LogP contribution in [0.3, 0.4) is 0 Å². The van der Waals surface area contributed by atoms with Crippen molar-refractivity contribution in [1.29, 1.82) is 0 Å². The van der Waals surface area contributed by atoms with Crippen LogP contribution >= 0.6 is 15.9 Å². The van der Waals surface area contributed by atoms with Crippen molar-refractivity contribution in [3.63, 3.8) is 0 Å². The minimum atomic E-state index is -0.568. The van der Waals surface area contributed by atoms with E-state index in [2.05, 4.69) is 70.7 Å². The van der Waals surface area contributed by atoms with Gasteiger partial charge in [-0.3, -0.25) is 9.59 Å². The fourth-order valence-electron chi connectivity index (χ4n) is 9.62. The molecule has 6 heterocycles. The monoisotopic (exact) mass is 1000 g/mol. The minimum Gasteiger partial charge on any atom is -0.483 e. The Kier molecular flexibility index (Phi) is 12.5. The second kappa shape index (κ2) is 17.6. The van der Waals surface area contributed by atoms with Crippen LogP contribution in [0.1, 0.15) is 106 Å². The van der Waals surface area contributed by atoms with Gasteiger partial charge in [-0.25, -0.2) is 24.8 Å². The Morgan fingerprint density at radius 3 is 1.60 bits per heavy atom. The zero-order valence-electron chi connectivity index (χ0n) is 40.9. The van der Waals surface area contributed by atoms with Crippen molar-refractivity contribution in [2.45, 2.75) is 118 Å². The molecule has 4 atom stereocenters. The van der Waals surface area contributed by atoms with Crippen LogP contribution in [0.15, 0.2) is 63.2 Å². The van der Waals surface area contributed by atoms with Gasteiger partial charge in [0.15, 0.2) is 11.7 Å². The molecule has 18 heteroatoms. The van der Waals surface area contributed by atoms with Crippen LogP contribution in [0.25, 0.3) is 11.1 Å². The summed E-state index contributed by atoms with van der Waals surface area (Å²) < 4.78 is 39.0. The molecule has 0 aliphatic carbocycles. The summed E-state index contributed by atoms with van der Waals surface area (Å²) in [6, 6.07) is 13.7. The van der Waals surface area contributed by atoms with Crippen molar-refractivity contribution >= 4 is 63.0 Å². The molecule has 0 radical (unpaired) electrons. The maximum atomic E-state index is 15.1. The number of amides is 4. The van der Waals surface area contributed by atoms with Crippen molar-refractivity contribution in [3.8, 4) is 22.6 Å². The van der Waals surface area contributed by atoms with Crippen LogP contribution in [-0.2, 0) is 19.1 Å². The molecule has 0 saturated carbocycles. The van der Waals surface area contributed by atoms with E-state index in [4.69, 9.17) is 18.9 Å². The summed E-state index contributed by atoms with van der Waals surface area (Å²) >= 11 is 3.71. The highest BCUT2D eigenvalue weighted by molar-refractivity contribution is 9.10. The molecule has 0 bridgehead atoms. The van der Waals surface area contributed by atoms with Gasteiger partial charge in [-0.2, -0.15) is 10.2 Å². The summed E-state index contributed by atoms with van der Waals surface area (Å²) in [6.45, 7) is 26.2.